The van der Waals surface area contributed by atoms with Crippen molar-refractivity contribution in [1.82, 2.24) is 9.47 Å². The van der Waals surface area contributed by atoms with E-state index in [0.717, 1.165) is 22.9 Å². The molecule has 24 heavy (non-hydrogen) atoms. The van der Waals surface area contributed by atoms with Crippen molar-refractivity contribution in [2.75, 3.05) is 13.1 Å². The van der Waals surface area contributed by atoms with E-state index in [2.05, 4.69) is 0 Å². The van der Waals surface area contributed by atoms with E-state index in [1.807, 2.05) is 0 Å². The predicted octanol–water partition coefficient (Wildman–Crippen LogP) is 0.470. The molecule has 9 heteroatoms. The summed E-state index contributed by atoms with van der Waals surface area (Å²) in [4.78, 5) is 46.9. The number of hydrogen-bond donors (Lipinski definition) is 1. The highest BCUT2D eigenvalue weighted by atomic mass is 16.6. The molecule has 2 fully saturated rings. The number of nitrogens with zero attached hydrogens (tertiary/aromatic N) is 3. The Morgan fingerprint density at radius 2 is 2.00 bits per heavy atom. The summed E-state index contributed by atoms with van der Waals surface area (Å²) in [6.45, 7) is 0.647. The van der Waals surface area contributed by atoms with Gasteiger partial charge in [-0.25, -0.2) is 0 Å². The van der Waals surface area contributed by atoms with Gasteiger partial charge in [0.25, 0.3) is 11.2 Å². The van der Waals surface area contributed by atoms with E-state index in [0.29, 0.717) is 32.4 Å². The number of carbonyl (C=O) groups is 2. The molecule has 1 saturated carbocycles. The van der Waals surface area contributed by atoms with Gasteiger partial charge in [-0.3, -0.25) is 29.1 Å². The number of aromatic nitrogens is 1. The van der Waals surface area contributed by atoms with Crippen molar-refractivity contribution in [2.24, 2.45) is 11.3 Å². The van der Waals surface area contributed by atoms with Gasteiger partial charge in [-0.2, -0.15) is 0 Å². The van der Waals surface area contributed by atoms with Crippen LogP contribution in [0.1, 0.15) is 19.3 Å². The minimum absolute atomic E-state index is 0.176. The molecule has 0 bridgehead atoms. The number of piperidine rings is 1. The molecule has 1 aromatic rings. The average molecular weight is 335 g/mol. The average Bonchev–Trinajstić information content (AvgIpc) is 3.24. The van der Waals surface area contributed by atoms with E-state index in [9.17, 15) is 24.5 Å². The van der Waals surface area contributed by atoms with Crippen LogP contribution in [0.4, 0.5) is 5.69 Å². The summed E-state index contributed by atoms with van der Waals surface area (Å²) in [6.07, 6.45) is 3.00. The van der Waals surface area contributed by atoms with Crippen LogP contribution >= 0.6 is 0 Å². The first kappa shape index (κ1) is 16.2. The largest absolute Gasteiger partial charge is 0.481 e. The third-order valence-corrected chi connectivity index (χ3v) is 5.08. The topological polar surface area (TPSA) is 123 Å². The fraction of sp³-hybridized carbons (Fsp3) is 0.533. The summed E-state index contributed by atoms with van der Waals surface area (Å²) in [6, 6.07) is 2.17. The van der Waals surface area contributed by atoms with Crippen LogP contribution in [0.25, 0.3) is 0 Å². The highest BCUT2D eigenvalue weighted by molar-refractivity contribution is 5.77. The molecular weight excluding hydrogens is 318 g/mol. The summed E-state index contributed by atoms with van der Waals surface area (Å²) in [5.41, 5.74) is -0.900. The maximum absolute atomic E-state index is 12.3. The van der Waals surface area contributed by atoms with Crippen LogP contribution in [-0.4, -0.2) is 44.5 Å². The third kappa shape index (κ3) is 2.89. The molecule has 9 nitrogen and oxygen atoms in total. The molecular formula is C15H17N3O6. The Labute approximate surface area is 136 Å². The fourth-order valence-electron chi connectivity index (χ4n) is 3.45. The lowest BCUT2D eigenvalue weighted by Gasteiger charge is -2.32. The second-order valence-electron chi connectivity index (χ2n) is 6.45. The van der Waals surface area contributed by atoms with Gasteiger partial charge in [0.15, 0.2) is 0 Å². The van der Waals surface area contributed by atoms with Gasteiger partial charge in [-0.1, -0.05) is 0 Å². The van der Waals surface area contributed by atoms with Crippen LogP contribution in [0.2, 0.25) is 0 Å². The molecule has 1 aliphatic carbocycles. The molecule has 2 aliphatic rings. The van der Waals surface area contributed by atoms with Gasteiger partial charge in [0.05, 0.1) is 17.0 Å². The normalized spacial score (nSPS) is 21.5. The van der Waals surface area contributed by atoms with Gasteiger partial charge < -0.3 is 10.0 Å². The summed E-state index contributed by atoms with van der Waals surface area (Å²) in [5.74, 6) is -1.38. The van der Waals surface area contributed by atoms with Gasteiger partial charge in [0.2, 0.25) is 5.91 Å². The smallest absolute Gasteiger partial charge is 0.307 e. The minimum atomic E-state index is -0.780. The van der Waals surface area contributed by atoms with Gasteiger partial charge in [0, 0.05) is 25.2 Å². The molecule has 1 spiro atoms. The van der Waals surface area contributed by atoms with Crippen molar-refractivity contribution in [3.8, 4) is 0 Å². The van der Waals surface area contributed by atoms with E-state index in [1.165, 1.54) is 0 Å². The van der Waals surface area contributed by atoms with E-state index >= 15 is 0 Å². The van der Waals surface area contributed by atoms with Crippen molar-refractivity contribution in [2.45, 2.75) is 25.8 Å². The number of rotatable bonds is 4. The lowest BCUT2D eigenvalue weighted by Crippen LogP contribution is -2.42. The molecule has 1 aromatic heterocycles. The summed E-state index contributed by atoms with van der Waals surface area (Å²) in [7, 11) is 0. The van der Waals surface area contributed by atoms with Crippen LogP contribution in [0.15, 0.2) is 23.1 Å². The van der Waals surface area contributed by atoms with Crippen LogP contribution in [-0.2, 0) is 16.1 Å². The van der Waals surface area contributed by atoms with Gasteiger partial charge >= 0.3 is 5.97 Å². The number of carboxylic acids is 1. The Morgan fingerprint density at radius 3 is 2.54 bits per heavy atom. The van der Waals surface area contributed by atoms with Crippen molar-refractivity contribution in [3.63, 3.8) is 0 Å². The maximum atomic E-state index is 12.3. The molecule has 1 amide bonds. The lowest BCUT2D eigenvalue weighted by atomic mass is 9.91. The number of aliphatic carboxylic acids is 1. The van der Waals surface area contributed by atoms with E-state index < -0.39 is 16.5 Å². The van der Waals surface area contributed by atoms with E-state index in [4.69, 9.17) is 5.11 Å². The zero-order chi connectivity index (χ0) is 17.5. The number of nitro groups is 1. The monoisotopic (exact) mass is 335 g/mol. The molecule has 2 heterocycles. The summed E-state index contributed by atoms with van der Waals surface area (Å²) in [5, 5.41) is 19.8. The Bertz CT molecular complexity index is 763. The molecule has 1 N–H and O–H groups in total. The number of amides is 1. The number of carbonyl (C=O) groups excluding carboxylic acids is 1. The van der Waals surface area contributed by atoms with Crippen LogP contribution in [0.3, 0.4) is 0 Å². The Kier molecular flexibility index (Phi) is 3.86. The third-order valence-electron chi connectivity index (χ3n) is 5.08. The van der Waals surface area contributed by atoms with Crippen LogP contribution < -0.4 is 5.56 Å². The number of carboxylic acid groups (broad SMARTS) is 1. The van der Waals surface area contributed by atoms with E-state index in [1.54, 1.807) is 4.90 Å². The Morgan fingerprint density at radius 1 is 1.33 bits per heavy atom. The van der Waals surface area contributed by atoms with Crippen molar-refractivity contribution >= 4 is 17.6 Å². The summed E-state index contributed by atoms with van der Waals surface area (Å²) >= 11 is 0. The minimum Gasteiger partial charge on any atom is -0.481 e. The Balaban J connectivity index is 1.63. The maximum Gasteiger partial charge on any atom is 0.307 e. The Hall–Kier alpha value is -2.71. The number of likely N-dealkylation sites (tertiary alicyclic amines) is 1. The molecule has 1 unspecified atom stereocenters. The van der Waals surface area contributed by atoms with Crippen molar-refractivity contribution in [1.29, 1.82) is 0 Å². The molecule has 0 aromatic carbocycles. The molecule has 1 saturated heterocycles. The molecule has 1 aliphatic heterocycles. The van der Waals surface area contributed by atoms with Gasteiger partial charge in [-0.15, -0.1) is 0 Å². The SMILES string of the molecule is O=C(O)C1CC12CCN(C(=O)Cn1cc([N+](=O)[O-])ccc1=O)CC2. The second kappa shape index (κ2) is 5.73. The fourth-order valence-corrected chi connectivity index (χ4v) is 3.45. The molecule has 1 atom stereocenters. The zero-order valence-corrected chi connectivity index (χ0v) is 12.9. The predicted molar refractivity (Wildman–Crippen MR) is 81.3 cm³/mol. The lowest BCUT2D eigenvalue weighted by molar-refractivity contribution is -0.385. The zero-order valence-electron chi connectivity index (χ0n) is 12.9. The first-order valence-electron chi connectivity index (χ1n) is 7.68. The van der Waals surface area contributed by atoms with Crippen LogP contribution in [0.5, 0.6) is 0 Å². The second-order valence-corrected chi connectivity index (χ2v) is 6.45. The number of hydrogen-bond acceptors (Lipinski definition) is 5. The van der Waals surface area contributed by atoms with Crippen LogP contribution in [0, 0.1) is 21.4 Å². The van der Waals surface area contributed by atoms with Gasteiger partial charge in [0.1, 0.15) is 6.54 Å². The quantitative estimate of drug-likeness (QED) is 0.630. The van der Waals surface area contributed by atoms with Crippen molar-refractivity contribution in [3.05, 3.63) is 38.8 Å². The first-order chi connectivity index (χ1) is 11.3. The molecule has 0 radical (unpaired) electrons. The standard InChI is InChI=1S/C15H17N3O6/c19-12-2-1-10(18(23)24)8-17(12)9-13(20)16-5-3-15(4-6-16)7-11(15)14(21)22/h1-2,8,11H,3-7,9H2,(H,21,22). The van der Waals surface area contributed by atoms with E-state index in [-0.39, 0.29) is 29.5 Å². The molecule has 128 valence electrons. The van der Waals surface area contributed by atoms with Crippen molar-refractivity contribution < 1.29 is 19.6 Å². The summed E-state index contributed by atoms with van der Waals surface area (Å²) < 4.78 is 1.03. The highest BCUT2D eigenvalue weighted by Crippen LogP contribution is 2.59. The number of pyridine rings is 1. The van der Waals surface area contributed by atoms with Gasteiger partial charge in [-0.05, 0) is 24.7 Å². The molecule has 3 rings (SSSR count). The highest BCUT2D eigenvalue weighted by Gasteiger charge is 2.59. The first-order valence-corrected chi connectivity index (χ1v) is 7.68.